The highest BCUT2D eigenvalue weighted by atomic mass is 19.1. The number of ether oxygens (including phenoxy) is 1. The third-order valence-corrected chi connectivity index (χ3v) is 4.15. The molecule has 0 bridgehead atoms. The molecule has 0 aliphatic carbocycles. The summed E-state index contributed by atoms with van der Waals surface area (Å²) in [4.78, 5) is 4.14. The fourth-order valence-electron chi connectivity index (χ4n) is 2.65. The first kappa shape index (κ1) is 17.5. The number of hydrogen-bond donors (Lipinski definition) is 4. The maximum Gasteiger partial charge on any atom is 0.191 e. The summed E-state index contributed by atoms with van der Waals surface area (Å²) >= 11 is 0. The Morgan fingerprint density at radius 1 is 1.43 bits per heavy atom. The van der Waals surface area contributed by atoms with E-state index in [1.807, 2.05) is 0 Å². The molecule has 7 heteroatoms. The van der Waals surface area contributed by atoms with Crippen LogP contribution in [0.4, 0.5) is 4.39 Å². The highest BCUT2D eigenvalue weighted by molar-refractivity contribution is 5.79. The Kier molecular flexibility index (Phi) is 6.18. The Hall–Kier alpha value is -1.86. The normalized spacial score (nSPS) is 21.4. The Bertz CT molecular complexity index is 545. The number of guanidine groups is 1. The van der Waals surface area contributed by atoms with Crippen molar-refractivity contribution in [2.75, 3.05) is 33.4 Å². The fourth-order valence-corrected chi connectivity index (χ4v) is 2.65. The summed E-state index contributed by atoms with van der Waals surface area (Å²) in [6.45, 7) is 2.50. The van der Waals surface area contributed by atoms with Gasteiger partial charge < -0.3 is 25.6 Å². The van der Waals surface area contributed by atoms with Gasteiger partial charge in [-0.25, -0.2) is 4.39 Å². The smallest absolute Gasteiger partial charge is 0.191 e. The van der Waals surface area contributed by atoms with Crippen molar-refractivity contribution in [3.05, 3.63) is 29.6 Å². The lowest BCUT2D eigenvalue weighted by Crippen LogP contribution is -2.44. The van der Waals surface area contributed by atoms with Gasteiger partial charge in [-0.2, -0.15) is 0 Å². The van der Waals surface area contributed by atoms with E-state index in [0.717, 1.165) is 6.42 Å². The average Bonchev–Trinajstić information content (AvgIpc) is 3.00. The van der Waals surface area contributed by atoms with Gasteiger partial charge in [0, 0.05) is 38.8 Å². The highest BCUT2D eigenvalue weighted by Gasteiger charge is 2.34. The lowest BCUT2D eigenvalue weighted by molar-refractivity contribution is 0.127. The number of aliphatic hydroxyl groups excluding tert-OH is 1. The van der Waals surface area contributed by atoms with E-state index >= 15 is 0 Å². The molecule has 0 amide bonds. The molecule has 4 N–H and O–H groups in total. The molecule has 1 fully saturated rings. The molecule has 1 aliphatic heterocycles. The number of nitrogens with one attached hydrogen (secondary N) is 2. The maximum atomic E-state index is 13.3. The predicted octanol–water partition coefficient (Wildman–Crippen LogP) is 0.985. The molecule has 1 unspecified atom stereocenters. The van der Waals surface area contributed by atoms with Crippen LogP contribution in [-0.2, 0) is 11.3 Å². The topological polar surface area (TPSA) is 86.1 Å². The maximum absolute atomic E-state index is 13.3. The zero-order chi connectivity index (χ0) is 16.7. The number of rotatable bonds is 6. The Labute approximate surface area is 135 Å². The first-order chi connectivity index (χ1) is 11.1. The lowest BCUT2D eigenvalue weighted by Gasteiger charge is -2.27. The largest absolute Gasteiger partial charge is 0.505 e. The Morgan fingerprint density at radius 2 is 2.26 bits per heavy atom. The minimum absolute atomic E-state index is 0.0724. The third-order valence-electron chi connectivity index (χ3n) is 4.15. The van der Waals surface area contributed by atoms with Crippen LogP contribution in [0.1, 0.15) is 18.4 Å². The van der Waals surface area contributed by atoms with Gasteiger partial charge in [-0.15, -0.1) is 0 Å². The molecule has 1 aromatic carbocycles. The van der Waals surface area contributed by atoms with E-state index < -0.39 is 5.82 Å². The van der Waals surface area contributed by atoms with E-state index in [1.165, 1.54) is 12.1 Å². The molecule has 2 rings (SSSR count). The number of nitrogens with zero attached hydrogens (tertiary/aromatic N) is 1. The summed E-state index contributed by atoms with van der Waals surface area (Å²) in [6.07, 6.45) is 1.58. The van der Waals surface area contributed by atoms with Gasteiger partial charge in [-0.1, -0.05) is 6.07 Å². The number of phenols is 1. The van der Waals surface area contributed by atoms with Crippen molar-refractivity contribution in [1.82, 2.24) is 10.6 Å². The Morgan fingerprint density at radius 3 is 2.87 bits per heavy atom. The van der Waals surface area contributed by atoms with Crippen LogP contribution in [0.5, 0.6) is 5.75 Å². The molecule has 1 aliphatic rings. The summed E-state index contributed by atoms with van der Waals surface area (Å²) in [5, 5.41) is 24.8. The van der Waals surface area contributed by atoms with E-state index in [4.69, 9.17) is 4.74 Å². The number of aromatic hydroxyl groups is 1. The number of benzene rings is 1. The van der Waals surface area contributed by atoms with E-state index in [1.54, 1.807) is 13.1 Å². The van der Waals surface area contributed by atoms with Gasteiger partial charge in [0.05, 0.1) is 6.61 Å². The molecule has 128 valence electrons. The zero-order valence-electron chi connectivity index (χ0n) is 13.3. The molecule has 6 nitrogen and oxygen atoms in total. The van der Waals surface area contributed by atoms with Crippen molar-refractivity contribution in [1.29, 1.82) is 0 Å². The number of phenolic OH excluding ortho intramolecular Hbond substituents is 1. The molecule has 0 spiro atoms. The van der Waals surface area contributed by atoms with E-state index in [-0.39, 0.29) is 17.8 Å². The predicted molar refractivity (Wildman–Crippen MR) is 85.8 cm³/mol. The van der Waals surface area contributed by atoms with Gasteiger partial charge in [0.1, 0.15) is 0 Å². The number of aliphatic imine (C=N–C) groups is 1. The Balaban J connectivity index is 1.86. The lowest BCUT2D eigenvalue weighted by atomic mass is 9.84. The minimum Gasteiger partial charge on any atom is -0.505 e. The molecule has 23 heavy (non-hydrogen) atoms. The van der Waals surface area contributed by atoms with Gasteiger partial charge in [-0.3, -0.25) is 4.99 Å². The van der Waals surface area contributed by atoms with Crippen LogP contribution in [-0.4, -0.2) is 49.6 Å². The number of halogens is 1. The quantitative estimate of drug-likeness (QED) is 0.463. The van der Waals surface area contributed by atoms with Crippen molar-refractivity contribution >= 4 is 5.96 Å². The van der Waals surface area contributed by atoms with Gasteiger partial charge in [0.15, 0.2) is 17.5 Å². The SMILES string of the molecule is CN=C(NCc1ccc(O)c(F)c1)NCC1(CCO)CCOC1. The van der Waals surface area contributed by atoms with E-state index in [0.29, 0.717) is 44.2 Å². The van der Waals surface area contributed by atoms with Crippen molar-refractivity contribution in [2.45, 2.75) is 19.4 Å². The van der Waals surface area contributed by atoms with Crippen LogP contribution in [0.15, 0.2) is 23.2 Å². The van der Waals surface area contributed by atoms with Crippen molar-refractivity contribution in [2.24, 2.45) is 10.4 Å². The van der Waals surface area contributed by atoms with Crippen molar-refractivity contribution in [3.8, 4) is 5.75 Å². The molecule has 0 aromatic heterocycles. The molecule has 1 saturated heterocycles. The first-order valence-electron chi connectivity index (χ1n) is 7.69. The average molecular weight is 325 g/mol. The van der Waals surface area contributed by atoms with Crippen molar-refractivity contribution in [3.63, 3.8) is 0 Å². The van der Waals surface area contributed by atoms with Crippen LogP contribution >= 0.6 is 0 Å². The number of hydrogen-bond acceptors (Lipinski definition) is 4. The van der Waals surface area contributed by atoms with Crippen LogP contribution in [0.3, 0.4) is 0 Å². The van der Waals surface area contributed by atoms with Gasteiger partial charge in [0.2, 0.25) is 0 Å². The molecule has 0 radical (unpaired) electrons. The molecule has 0 saturated carbocycles. The van der Waals surface area contributed by atoms with Gasteiger partial charge >= 0.3 is 0 Å². The summed E-state index contributed by atoms with van der Waals surface area (Å²) in [6, 6.07) is 4.26. The minimum atomic E-state index is -0.641. The third kappa shape index (κ3) is 4.80. The van der Waals surface area contributed by atoms with Crippen LogP contribution in [0.2, 0.25) is 0 Å². The van der Waals surface area contributed by atoms with Crippen LogP contribution in [0.25, 0.3) is 0 Å². The first-order valence-corrected chi connectivity index (χ1v) is 7.69. The zero-order valence-corrected chi connectivity index (χ0v) is 13.3. The summed E-state index contributed by atoms with van der Waals surface area (Å²) in [7, 11) is 1.66. The second-order valence-corrected chi connectivity index (χ2v) is 5.84. The van der Waals surface area contributed by atoms with Crippen LogP contribution < -0.4 is 10.6 Å². The summed E-state index contributed by atoms with van der Waals surface area (Å²) in [5.74, 6) is -0.400. The summed E-state index contributed by atoms with van der Waals surface area (Å²) in [5.41, 5.74) is 0.634. The van der Waals surface area contributed by atoms with Gasteiger partial charge in [-0.05, 0) is 30.5 Å². The molecule has 1 heterocycles. The summed E-state index contributed by atoms with van der Waals surface area (Å²) < 4.78 is 18.8. The van der Waals surface area contributed by atoms with E-state index in [9.17, 15) is 14.6 Å². The molecular weight excluding hydrogens is 301 g/mol. The molecule has 1 aromatic rings. The standard InChI is InChI=1S/C16H24FN3O3/c1-18-15(19-9-12-2-3-14(22)13(17)8-12)20-10-16(4-6-21)5-7-23-11-16/h2-3,8,21-22H,4-7,9-11H2,1H3,(H2,18,19,20). The molecule has 1 atom stereocenters. The number of aliphatic hydroxyl groups is 1. The van der Waals surface area contributed by atoms with E-state index in [2.05, 4.69) is 15.6 Å². The van der Waals surface area contributed by atoms with Gasteiger partial charge in [0.25, 0.3) is 0 Å². The monoisotopic (exact) mass is 325 g/mol. The fraction of sp³-hybridized carbons (Fsp3) is 0.562. The molecular formula is C16H24FN3O3. The van der Waals surface area contributed by atoms with Crippen LogP contribution in [0, 0.1) is 11.2 Å². The highest BCUT2D eigenvalue weighted by Crippen LogP contribution is 2.31. The van der Waals surface area contributed by atoms with Crippen molar-refractivity contribution < 1.29 is 19.3 Å². The second kappa shape index (κ2) is 8.12. The second-order valence-electron chi connectivity index (χ2n) is 5.84.